The first-order valence-corrected chi connectivity index (χ1v) is 11.1. The molecular formula is C20H24N2O2S2. The van der Waals surface area contributed by atoms with Crippen molar-refractivity contribution in [1.82, 2.24) is 10.6 Å². The summed E-state index contributed by atoms with van der Waals surface area (Å²) in [5.41, 5.74) is 2.26. The first-order chi connectivity index (χ1) is 12.7. The molecule has 26 heavy (non-hydrogen) atoms. The summed E-state index contributed by atoms with van der Waals surface area (Å²) in [6.07, 6.45) is 4.95. The normalized spacial score (nSPS) is 18.5. The molecule has 2 N–H and O–H groups in total. The first-order valence-electron chi connectivity index (χ1n) is 9.09. The molecule has 0 bridgehead atoms. The quantitative estimate of drug-likeness (QED) is 0.787. The molecule has 4 nitrogen and oxygen atoms in total. The molecule has 1 saturated heterocycles. The van der Waals surface area contributed by atoms with Crippen molar-refractivity contribution in [2.24, 2.45) is 0 Å². The maximum Gasteiger partial charge on any atom is 0.261 e. The van der Waals surface area contributed by atoms with Crippen LogP contribution in [0.25, 0.3) is 0 Å². The minimum Gasteiger partial charge on any atom is -0.369 e. The smallest absolute Gasteiger partial charge is 0.261 e. The van der Waals surface area contributed by atoms with Crippen LogP contribution < -0.4 is 10.6 Å². The molecule has 1 aromatic carbocycles. The van der Waals surface area contributed by atoms with Gasteiger partial charge in [-0.15, -0.1) is 23.1 Å². The van der Waals surface area contributed by atoms with Gasteiger partial charge in [0.2, 0.25) is 0 Å². The number of hydrogen-bond donors (Lipinski definition) is 2. The zero-order valence-corrected chi connectivity index (χ0v) is 16.6. The molecule has 6 heteroatoms. The molecule has 1 amide bonds. The molecule has 0 unspecified atom stereocenters. The van der Waals surface area contributed by atoms with Crippen LogP contribution >= 0.6 is 23.1 Å². The van der Waals surface area contributed by atoms with Crippen LogP contribution in [0.1, 0.15) is 38.5 Å². The third-order valence-electron chi connectivity index (χ3n) is 5.19. The van der Waals surface area contributed by atoms with E-state index in [1.807, 2.05) is 6.07 Å². The number of nitrogens with one attached hydrogen (secondary N) is 2. The Bertz CT molecular complexity index is 797. The second kappa shape index (κ2) is 7.72. The predicted octanol–water partition coefficient (Wildman–Crippen LogP) is 3.55. The largest absolute Gasteiger partial charge is 0.369 e. The average molecular weight is 389 g/mol. The number of fused-ring (bicyclic) bond motifs is 2. The first kappa shape index (κ1) is 18.0. The molecule has 2 aliphatic rings. The molecule has 1 spiro atoms. The standard InChI is InChI=1S/C20H24N2O2S2/c1-25-16-4-2-3-14(11-16)13-22-19(23)17-12-15-5-10-24-20(18(15)26-17)6-8-21-9-7-20/h2-4,11-12,21H,5-10,13H2,1H3,(H,22,23). The molecule has 4 rings (SSSR count). The Morgan fingerprint density at radius 1 is 1.35 bits per heavy atom. The van der Waals surface area contributed by atoms with Crippen molar-refractivity contribution in [3.8, 4) is 0 Å². The van der Waals surface area contributed by atoms with Gasteiger partial charge < -0.3 is 15.4 Å². The van der Waals surface area contributed by atoms with Crippen LogP contribution in [0.5, 0.6) is 0 Å². The minimum atomic E-state index is -0.172. The Balaban J connectivity index is 1.49. The number of rotatable bonds is 4. The van der Waals surface area contributed by atoms with E-state index in [2.05, 4.69) is 41.2 Å². The van der Waals surface area contributed by atoms with Crippen molar-refractivity contribution >= 4 is 29.0 Å². The lowest BCUT2D eigenvalue weighted by atomic mass is 9.86. The van der Waals surface area contributed by atoms with Crippen LogP contribution in [0.4, 0.5) is 0 Å². The van der Waals surface area contributed by atoms with Gasteiger partial charge in [0.15, 0.2) is 0 Å². The third kappa shape index (κ3) is 3.56. The van der Waals surface area contributed by atoms with Gasteiger partial charge in [-0.1, -0.05) is 12.1 Å². The molecule has 1 aromatic heterocycles. The Labute approximate surface area is 162 Å². The highest BCUT2D eigenvalue weighted by atomic mass is 32.2. The summed E-state index contributed by atoms with van der Waals surface area (Å²) in [6, 6.07) is 10.4. The Hall–Kier alpha value is -1.34. The number of thiophene rings is 1. The summed E-state index contributed by atoms with van der Waals surface area (Å²) >= 11 is 3.34. The number of piperidine rings is 1. The van der Waals surface area contributed by atoms with E-state index in [1.54, 1.807) is 23.1 Å². The number of carbonyl (C=O) groups is 1. The molecule has 0 saturated carbocycles. The number of amides is 1. The SMILES string of the molecule is CSc1cccc(CNC(=O)c2cc3c(s2)C2(CCNCC2)OCC3)c1. The lowest BCUT2D eigenvalue weighted by Crippen LogP contribution is -2.43. The maximum atomic E-state index is 12.7. The lowest BCUT2D eigenvalue weighted by molar-refractivity contribution is -0.0771. The van der Waals surface area contributed by atoms with Crippen LogP contribution in [-0.4, -0.2) is 31.9 Å². The molecule has 3 heterocycles. The van der Waals surface area contributed by atoms with Crippen molar-refractivity contribution < 1.29 is 9.53 Å². The number of thioether (sulfide) groups is 1. The van der Waals surface area contributed by atoms with E-state index in [0.29, 0.717) is 6.54 Å². The number of benzene rings is 1. The van der Waals surface area contributed by atoms with Gasteiger partial charge in [-0.05, 0) is 67.9 Å². The third-order valence-corrected chi connectivity index (χ3v) is 7.28. The van der Waals surface area contributed by atoms with Gasteiger partial charge >= 0.3 is 0 Å². The van der Waals surface area contributed by atoms with E-state index in [-0.39, 0.29) is 11.5 Å². The van der Waals surface area contributed by atoms with Gasteiger partial charge in [-0.3, -0.25) is 4.79 Å². The van der Waals surface area contributed by atoms with E-state index in [9.17, 15) is 4.79 Å². The molecular weight excluding hydrogens is 364 g/mol. The van der Waals surface area contributed by atoms with Gasteiger partial charge in [0.1, 0.15) is 5.60 Å². The molecule has 138 valence electrons. The molecule has 2 aliphatic heterocycles. The monoisotopic (exact) mass is 388 g/mol. The Morgan fingerprint density at radius 3 is 3.00 bits per heavy atom. The highest BCUT2D eigenvalue weighted by Gasteiger charge is 2.41. The topological polar surface area (TPSA) is 50.4 Å². The summed E-state index contributed by atoms with van der Waals surface area (Å²) in [5.74, 6) is 0.0167. The van der Waals surface area contributed by atoms with E-state index in [4.69, 9.17) is 4.74 Å². The van der Waals surface area contributed by atoms with Gasteiger partial charge in [0.05, 0.1) is 11.5 Å². The average Bonchev–Trinajstić information content (AvgIpc) is 3.13. The predicted molar refractivity (Wildman–Crippen MR) is 107 cm³/mol. The highest BCUT2D eigenvalue weighted by Crippen LogP contribution is 2.44. The zero-order valence-electron chi connectivity index (χ0n) is 15.0. The summed E-state index contributed by atoms with van der Waals surface area (Å²) in [5, 5.41) is 6.48. The van der Waals surface area contributed by atoms with Crippen molar-refractivity contribution in [3.63, 3.8) is 0 Å². The Kier molecular flexibility index (Phi) is 5.36. The molecule has 0 radical (unpaired) electrons. The van der Waals surface area contributed by atoms with E-state index < -0.39 is 0 Å². The Morgan fingerprint density at radius 2 is 2.19 bits per heavy atom. The molecule has 0 atom stereocenters. The fraction of sp³-hybridized carbons (Fsp3) is 0.450. The van der Waals surface area contributed by atoms with Gasteiger partial charge in [0, 0.05) is 16.3 Å². The van der Waals surface area contributed by atoms with E-state index in [0.717, 1.165) is 49.4 Å². The summed E-state index contributed by atoms with van der Waals surface area (Å²) in [6.45, 7) is 3.27. The summed E-state index contributed by atoms with van der Waals surface area (Å²) in [7, 11) is 0. The second-order valence-electron chi connectivity index (χ2n) is 6.84. The zero-order chi connectivity index (χ0) is 18.0. The van der Waals surface area contributed by atoms with Crippen LogP contribution in [0.3, 0.4) is 0 Å². The van der Waals surface area contributed by atoms with Gasteiger partial charge in [-0.2, -0.15) is 0 Å². The van der Waals surface area contributed by atoms with E-state index >= 15 is 0 Å². The number of hydrogen-bond acceptors (Lipinski definition) is 5. The van der Waals surface area contributed by atoms with Crippen molar-refractivity contribution in [1.29, 1.82) is 0 Å². The molecule has 0 aliphatic carbocycles. The van der Waals surface area contributed by atoms with Crippen LogP contribution in [0.2, 0.25) is 0 Å². The van der Waals surface area contributed by atoms with Crippen molar-refractivity contribution in [2.45, 2.75) is 36.3 Å². The van der Waals surface area contributed by atoms with Crippen molar-refractivity contribution in [3.05, 3.63) is 51.2 Å². The lowest BCUT2D eigenvalue weighted by Gasteiger charge is -2.40. The van der Waals surface area contributed by atoms with Gasteiger partial charge in [-0.25, -0.2) is 0 Å². The fourth-order valence-corrected chi connectivity index (χ4v) is 5.60. The number of carbonyl (C=O) groups excluding carboxylic acids is 1. The van der Waals surface area contributed by atoms with Crippen molar-refractivity contribution in [2.75, 3.05) is 26.0 Å². The maximum absolute atomic E-state index is 12.7. The van der Waals surface area contributed by atoms with Crippen LogP contribution in [0.15, 0.2) is 35.2 Å². The minimum absolute atomic E-state index is 0.0167. The number of ether oxygens (including phenoxy) is 1. The summed E-state index contributed by atoms with van der Waals surface area (Å²) in [4.78, 5) is 16.0. The highest BCUT2D eigenvalue weighted by molar-refractivity contribution is 7.98. The van der Waals surface area contributed by atoms with E-state index in [1.165, 1.54) is 15.3 Å². The summed E-state index contributed by atoms with van der Waals surface area (Å²) < 4.78 is 6.22. The van der Waals surface area contributed by atoms with Gasteiger partial charge in [0.25, 0.3) is 5.91 Å². The molecule has 1 fully saturated rings. The van der Waals surface area contributed by atoms with Crippen LogP contribution in [0, 0.1) is 0 Å². The van der Waals surface area contributed by atoms with Crippen LogP contribution in [-0.2, 0) is 23.3 Å². The fourth-order valence-electron chi connectivity index (χ4n) is 3.79. The molecule has 2 aromatic rings. The second-order valence-corrected chi connectivity index (χ2v) is 8.77.